The minimum absolute atomic E-state index is 0.143. The van der Waals surface area contributed by atoms with Crippen LogP contribution in [0.1, 0.15) is 38.6 Å². The van der Waals surface area contributed by atoms with Crippen LogP contribution in [0.3, 0.4) is 0 Å². The summed E-state index contributed by atoms with van der Waals surface area (Å²) < 4.78 is 8.91. The molecule has 1 heterocycles. The highest BCUT2D eigenvalue weighted by Crippen LogP contribution is 2.27. The summed E-state index contributed by atoms with van der Waals surface area (Å²) in [5.74, 6) is 1.40. The largest absolute Gasteiger partial charge is 0.490 e. The van der Waals surface area contributed by atoms with E-state index in [1.807, 2.05) is 44.2 Å². The van der Waals surface area contributed by atoms with Crippen LogP contribution in [0.2, 0.25) is 0 Å². The molecule has 0 unspecified atom stereocenters. The summed E-state index contributed by atoms with van der Waals surface area (Å²) in [7, 11) is 0. The molecule has 0 saturated heterocycles. The molecule has 146 valence electrons. The van der Waals surface area contributed by atoms with E-state index in [1.165, 1.54) is 4.68 Å². The minimum atomic E-state index is -0.185. The first-order valence-electron chi connectivity index (χ1n) is 9.14. The molecule has 0 spiro atoms. The van der Waals surface area contributed by atoms with Crippen molar-refractivity contribution in [2.24, 2.45) is 5.10 Å². The number of nitrogens with zero attached hydrogens (tertiary/aromatic N) is 3. The molecule has 0 fully saturated rings. The summed E-state index contributed by atoms with van der Waals surface area (Å²) >= 11 is 6.95. The Morgan fingerprint density at radius 2 is 2.00 bits per heavy atom. The fourth-order valence-electron chi connectivity index (χ4n) is 2.66. The Labute approximate surface area is 180 Å². The summed E-state index contributed by atoms with van der Waals surface area (Å²) in [6, 6.07) is 11.2. The Morgan fingerprint density at radius 1 is 1.21 bits per heavy atom. The molecule has 0 amide bonds. The van der Waals surface area contributed by atoms with E-state index in [0.29, 0.717) is 23.1 Å². The van der Waals surface area contributed by atoms with Gasteiger partial charge < -0.3 is 4.74 Å². The molecule has 3 aromatic rings. The molecule has 28 heavy (non-hydrogen) atoms. The third-order valence-electron chi connectivity index (χ3n) is 4.37. The molecule has 0 N–H and O–H groups in total. The number of hydrogen-bond acceptors (Lipinski definition) is 4. The number of aromatic nitrogens is 2. The molecule has 3 rings (SSSR count). The molecule has 0 aliphatic heterocycles. The SMILES string of the molecule is CCc1nc2ccc(Br)cc2c(=O)n1N=Cc1ccc(O[C@@H](C)CC)c(Br)c1. The predicted octanol–water partition coefficient (Wildman–Crippen LogP) is 5.54. The molecule has 1 aromatic heterocycles. The zero-order valence-electron chi connectivity index (χ0n) is 15.9. The number of hydrogen-bond donors (Lipinski definition) is 0. The molecule has 2 aromatic carbocycles. The molecular formula is C21H21Br2N3O2. The van der Waals surface area contributed by atoms with Crippen molar-refractivity contribution in [3.05, 3.63) is 67.1 Å². The van der Waals surface area contributed by atoms with Gasteiger partial charge in [0.2, 0.25) is 0 Å². The second-order valence-electron chi connectivity index (χ2n) is 6.43. The van der Waals surface area contributed by atoms with Gasteiger partial charge in [-0.2, -0.15) is 9.78 Å². The van der Waals surface area contributed by atoms with Crippen molar-refractivity contribution in [2.75, 3.05) is 0 Å². The molecule has 0 aliphatic rings. The molecule has 0 bridgehead atoms. The van der Waals surface area contributed by atoms with Gasteiger partial charge >= 0.3 is 0 Å². The van der Waals surface area contributed by atoms with Crippen molar-refractivity contribution in [3.63, 3.8) is 0 Å². The van der Waals surface area contributed by atoms with Gasteiger partial charge in [-0.25, -0.2) is 4.98 Å². The van der Waals surface area contributed by atoms with Crippen molar-refractivity contribution < 1.29 is 4.74 Å². The predicted molar refractivity (Wildman–Crippen MR) is 121 cm³/mol. The lowest BCUT2D eigenvalue weighted by molar-refractivity contribution is 0.216. The summed E-state index contributed by atoms with van der Waals surface area (Å²) in [5, 5.41) is 4.94. The van der Waals surface area contributed by atoms with Gasteiger partial charge in [-0.3, -0.25) is 4.79 Å². The van der Waals surface area contributed by atoms with Crippen molar-refractivity contribution in [1.82, 2.24) is 9.66 Å². The van der Waals surface area contributed by atoms with E-state index in [9.17, 15) is 4.79 Å². The molecule has 0 radical (unpaired) electrons. The number of benzene rings is 2. The Kier molecular flexibility index (Phi) is 6.67. The van der Waals surface area contributed by atoms with Crippen LogP contribution in [0.15, 0.2) is 55.2 Å². The fourth-order valence-corrected chi connectivity index (χ4v) is 3.51. The number of fused-ring (bicyclic) bond motifs is 1. The molecular weight excluding hydrogens is 486 g/mol. The van der Waals surface area contributed by atoms with Crippen molar-refractivity contribution >= 4 is 49.0 Å². The normalized spacial score (nSPS) is 12.6. The third-order valence-corrected chi connectivity index (χ3v) is 5.49. The molecule has 0 saturated carbocycles. The van der Waals surface area contributed by atoms with Gasteiger partial charge in [0.1, 0.15) is 11.6 Å². The molecule has 1 atom stereocenters. The average molecular weight is 507 g/mol. The van der Waals surface area contributed by atoms with Gasteiger partial charge in [0.15, 0.2) is 0 Å². The average Bonchev–Trinajstić information content (AvgIpc) is 2.69. The lowest BCUT2D eigenvalue weighted by atomic mass is 10.2. The van der Waals surface area contributed by atoms with Gasteiger partial charge in [0.05, 0.1) is 27.7 Å². The van der Waals surface area contributed by atoms with Crippen LogP contribution in [0.4, 0.5) is 0 Å². The Morgan fingerprint density at radius 3 is 2.68 bits per heavy atom. The van der Waals surface area contributed by atoms with Gasteiger partial charge in [-0.05, 0) is 71.2 Å². The van der Waals surface area contributed by atoms with Crippen LogP contribution in [-0.4, -0.2) is 22.0 Å². The van der Waals surface area contributed by atoms with Crippen LogP contribution < -0.4 is 10.3 Å². The van der Waals surface area contributed by atoms with Crippen LogP contribution >= 0.6 is 31.9 Å². The fraction of sp³-hybridized carbons (Fsp3) is 0.286. The second kappa shape index (κ2) is 9.01. The van der Waals surface area contributed by atoms with Gasteiger partial charge in [-0.1, -0.05) is 29.8 Å². The van der Waals surface area contributed by atoms with Gasteiger partial charge in [-0.15, -0.1) is 0 Å². The maximum absolute atomic E-state index is 12.9. The van der Waals surface area contributed by atoms with Crippen LogP contribution in [-0.2, 0) is 6.42 Å². The highest BCUT2D eigenvalue weighted by Gasteiger charge is 2.10. The van der Waals surface area contributed by atoms with E-state index < -0.39 is 0 Å². The summed E-state index contributed by atoms with van der Waals surface area (Å²) in [4.78, 5) is 17.5. The number of ether oxygens (including phenoxy) is 1. The lowest BCUT2D eigenvalue weighted by Gasteiger charge is -2.14. The van der Waals surface area contributed by atoms with Gasteiger partial charge in [0, 0.05) is 10.9 Å². The quantitative estimate of drug-likeness (QED) is 0.412. The van der Waals surface area contributed by atoms with Crippen molar-refractivity contribution in [1.29, 1.82) is 0 Å². The van der Waals surface area contributed by atoms with Crippen molar-refractivity contribution in [2.45, 2.75) is 39.7 Å². The monoisotopic (exact) mass is 505 g/mol. The topological polar surface area (TPSA) is 56.5 Å². The zero-order chi connectivity index (χ0) is 20.3. The van der Waals surface area contributed by atoms with E-state index in [-0.39, 0.29) is 11.7 Å². The summed E-state index contributed by atoms with van der Waals surface area (Å²) in [6.45, 7) is 6.07. The van der Waals surface area contributed by atoms with Crippen LogP contribution in [0, 0.1) is 0 Å². The minimum Gasteiger partial charge on any atom is -0.490 e. The Hall–Kier alpha value is -1.99. The smallest absolute Gasteiger partial charge is 0.282 e. The number of rotatable bonds is 6. The van der Waals surface area contributed by atoms with E-state index in [1.54, 1.807) is 12.3 Å². The van der Waals surface area contributed by atoms with E-state index in [0.717, 1.165) is 26.7 Å². The van der Waals surface area contributed by atoms with E-state index in [2.05, 4.69) is 48.9 Å². The standard InChI is InChI=1S/C21H21Br2N3O2/c1-4-13(3)28-19-9-6-14(10-17(19)23)12-24-26-20(5-2)25-18-8-7-15(22)11-16(18)21(26)27/h6-13H,4-5H2,1-3H3/t13-/m0/s1. The lowest BCUT2D eigenvalue weighted by Crippen LogP contribution is -2.22. The second-order valence-corrected chi connectivity index (χ2v) is 8.20. The summed E-state index contributed by atoms with van der Waals surface area (Å²) in [6.07, 6.45) is 3.33. The highest BCUT2D eigenvalue weighted by atomic mass is 79.9. The van der Waals surface area contributed by atoms with Gasteiger partial charge in [0.25, 0.3) is 5.56 Å². The zero-order valence-corrected chi connectivity index (χ0v) is 19.1. The molecule has 7 heteroatoms. The first-order chi connectivity index (χ1) is 13.4. The maximum Gasteiger partial charge on any atom is 0.282 e. The molecule has 5 nitrogen and oxygen atoms in total. The highest BCUT2D eigenvalue weighted by molar-refractivity contribution is 9.10. The van der Waals surface area contributed by atoms with E-state index in [4.69, 9.17) is 4.74 Å². The van der Waals surface area contributed by atoms with Crippen molar-refractivity contribution in [3.8, 4) is 5.75 Å². The first kappa shape index (κ1) is 20.7. The first-order valence-corrected chi connectivity index (χ1v) is 10.7. The Bertz CT molecular complexity index is 1090. The number of halogens is 2. The van der Waals surface area contributed by atoms with Crippen LogP contribution in [0.25, 0.3) is 10.9 Å². The van der Waals surface area contributed by atoms with E-state index >= 15 is 0 Å². The maximum atomic E-state index is 12.9. The number of aryl methyl sites for hydroxylation is 1. The Balaban J connectivity index is 1.98. The summed E-state index contributed by atoms with van der Waals surface area (Å²) in [5.41, 5.74) is 1.34. The van der Waals surface area contributed by atoms with Crippen LogP contribution in [0.5, 0.6) is 5.75 Å². The molecule has 0 aliphatic carbocycles. The third kappa shape index (κ3) is 4.52.